The van der Waals surface area contributed by atoms with Crippen LogP contribution in [-0.4, -0.2) is 18.0 Å². The van der Waals surface area contributed by atoms with Crippen LogP contribution in [0.15, 0.2) is 24.3 Å². The summed E-state index contributed by atoms with van der Waals surface area (Å²) in [5.41, 5.74) is 6.71. The molecule has 1 aliphatic rings. The summed E-state index contributed by atoms with van der Waals surface area (Å²) >= 11 is 5.94. The summed E-state index contributed by atoms with van der Waals surface area (Å²) in [6, 6.07) is 7.71. The molecule has 1 saturated carbocycles. The van der Waals surface area contributed by atoms with Crippen LogP contribution in [-0.2, 0) is 11.2 Å². The van der Waals surface area contributed by atoms with Crippen LogP contribution in [0.25, 0.3) is 0 Å². The number of hydrogen-bond acceptors (Lipinski definition) is 2. The van der Waals surface area contributed by atoms with Gasteiger partial charge in [-0.2, -0.15) is 0 Å². The maximum Gasteiger partial charge on any atom is 0.240 e. The van der Waals surface area contributed by atoms with Gasteiger partial charge < -0.3 is 11.1 Å². The Morgan fingerprint density at radius 3 is 3.05 bits per heavy atom. The molecular formula is C16H23ClN2O. The molecule has 0 heterocycles. The molecule has 0 radical (unpaired) electrons. The highest BCUT2D eigenvalue weighted by Crippen LogP contribution is 2.30. The largest absolute Gasteiger partial charge is 0.354 e. The first-order valence-electron chi connectivity index (χ1n) is 7.31. The SMILES string of the molecule is CC1CCCC(N)(C(=O)NCCc2cccc(Cl)c2)C1. The van der Waals surface area contributed by atoms with Crippen molar-refractivity contribution in [2.24, 2.45) is 11.7 Å². The predicted molar refractivity (Wildman–Crippen MR) is 82.7 cm³/mol. The van der Waals surface area contributed by atoms with Crippen molar-refractivity contribution < 1.29 is 4.79 Å². The van der Waals surface area contributed by atoms with Gasteiger partial charge >= 0.3 is 0 Å². The van der Waals surface area contributed by atoms with Crippen LogP contribution in [0.3, 0.4) is 0 Å². The summed E-state index contributed by atoms with van der Waals surface area (Å²) in [5.74, 6) is 0.526. The molecule has 1 amide bonds. The molecule has 0 saturated heterocycles. The summed E-state index contributed by atoms with van der Waals surface area (Å²) < 4.78 is 0. The lowest BCUT2D eigenvalue weighted by Crippen LogP contribution is -2.56. The minimum absolute atomic E-state index is 0.00826. The molecule has 4 heteroatoms. The van der Waals surface area contributed by atoms with Gasteiger partial charge in [-0.1, -0.05) is 43.5 Å². The molecule has 0 aromatic heterocycles. The molecule has 3 nitrogen and oxygen atoms in total. The Morgan fingerprint density at radius 2 is 2.35 bits per heavy atom. The predicted octanol–water partition coefficient (Wildman–Crippen LogP) is 2.91. The molecular weight excluding hydrogens is 272 g/mol. The van der Waals surface area contributed by atoms with Gasteiger partial charge in [0.25, 0.3) is 0 Å². The Kier molecular flexibility index (Phi) is 5.06. The van der Waals surface area contributed by atoms with Gasteiger partial charge in [-0.3, -0.25) is 4.79 Å². The molecule has 2 atom stereocenters. The lowest BCUT2D eigenvalue weighted by Gasteiger charge is -2.35. The molecule has 0 spiro atoms. The lowest BCUT2D eigenvalue weighted by atomic mass is 9.76. The molecule has 1 aromatic carbocycles. The Labute approximate surface area is 125 Å². The highest BCUT2D eigenvalue weighted by Gasteiger charge is 2.37. The van der Waals surface area contributed by atoms with E-state index in [0.29, 0.717) is 12.5 Å². The monoisotopic (exact) mass is 294 g/mol. The van der Waals surface area contributed by atoms with E-state index in [1.165, 1.54) is 6.42 Å². The first-order chi connectivity index (χ1) is 9.49. The Morgan fingerprint density at radius 1 is 1.55 bits per heavy atom. The first kappa shape index (κ1) is 15.3. The zero-order valence-corrected chi connectivity index (χ0v) is 12.7. The lowest BCUT2D eigenvalue weighted by molar-refractivity contribution is -0.128. The average molecular weight is 295 g/mol. The second-order valence-corrected chi connectivity index (χ2v) is 6.43. The van der Waals surface area contributed by atoms with Crippen LogP contribution < -0.4 is 11.1 Å². The molecule has 0 aliphatic heterocycles. The van der Waals surface area contributed by atoms with Crippen molar-refractivity contribution in [3.8, 4) is 0 Å². The summed E-state index contributed by atoms with van der Waals surface area (Å²) in [6.45, 7) is 2.77. The van der Waals surface area contributed by atoms with E-state index < -0.39 is 5.54 Å². The second-order valence-electron chi connectivity index (χ2n) is 5.99. The molecule has 1 fully saturated rings. The van der Waals surface area contributed by atoms with Crippen molar-refractivity contribution in [3.05, 3.63) is 34.9 Å². The quantitative estimate of drug-likeness (QED) is 0.897. The van der Waals surface area contributed by atoms with Crippen LogP contribution in [0.5, 0.6) is 0 Å². The third-order valence-corrected chi connectivity index (χ3v) is 4.31. The number of carbonyl (C=O) groups is 1. The maximum absolute atomic E-state index is 12.3. The zero-order valence-electron chi connectivity index (χ0n) is 12.0. The minimum Gasteiger partial charge on any atom is -0.354 e. The van der Waals surface area contributed by atoms with Crippen LogP contribution in [0, 0.1) is 5.92 Å². The summed E-state index contributed by atoms with van der Waals surface area (Å²) in [6.07, 6.45) is 4.57. The van der Waals surface area contributed by atoms with E-state index in [1.54, 1.807) is 0 Å². The number of nitrogens with one attached hydrogen (secondary N) is 1. The van der Waals surface area contributed by atoms with E-state index in [9.17, 15) is 4.79 Å². The fourth-order valence-corrected chi connectivity index (χ4v) is 3.20. The Hall–Kier alpha value is -1.06. The Bertz CT molecular complexity index is 477. The van der Waals surface area contributed by atoms with Crippen molar-refractivity contribution >= 4 is 17.5 Å². The molecule has 3 N–H and O–H groups in total. The molecule has 1 aliphatic carbocycles. The first-order valence-corrected chi connectivity index (χ1v) is 7.69. The van der Waals surface area contributed by atoms with Crippen LogP contribution in [0.1, 0.15) is 38.2 Å². The van der Waals surface area contributed by atoms with Gasteiger partial charge in [-0.05, 0) is 42.9 Å². The number of rotatable bonds is 4. The summed E-state index contributed by atoms with van der Waals surface area (Å²) in [5, 5.41) is 3.70. The van der Waals surface area contributed by atoms with E-state index in [4.69, 9.17) is 17.3 Å². The van der Waals surface area contributed by atoms with Crippen molar-refractivity contribution in [3.63, 3.8) is 0 Å². The van der Waals surface area contributed by atoms with Gasteiger partial charge in [-0.15, -0.1) is 0 Å². The molecule has 20 heavy (non-hydrogen) atoms. The molecule has 0 bridgehead atoms. The fourth-order valence-electron chi connectivity index (χ4n) is 2.99. The van der Waals surface area contributed by atoms with Crippen molar-refractivity contribution in [1.29, 1.82) is 0 Å². The number of carbonyl (C=O) groups excluding carboxylic acids is 1. The van der Waals surface area contributed by atoms with Crippen molar-refractivity contribution in [2.75, 3.05) is 6.54 Å². The van der Waals surface area contributed by atoms with E-state index >= 15 is 0 Å². The van der Waals surface area contributed by atoms with Gasteiger partial charge in [0.2, 0.25) is 5.91 Å². The van der Waals surface area contributed by atoms with Gasteiger partial charge in [0.1, 0.15) is 0 Å². The standard InChI is InChI=1S/C16H23ClN2O/c1-12-4-3-8-16(18,11-12)15(20)19-9-7-13-5-2-6-14(17)10-13/h2,5-6,10,12H,3-4,7-9,11,18H2,1H3,(H,19,20). The fraction of sp³-hybridized carbons (Fsp3) is 0.562. The molecule has 2 rings (SSSR count). The number of amides is 1. The number of benzene rings is 1. The smallest absolute Gasteiger partial charge is 0.240 e. The van der Waals surface area contributed by atoms with E-state index in [0.717, 1.165) is 36.3 Å². The summed E-state index contributed by atoms with van der Waals surface area (Å²) in [4.78, 5) is 12.3. The highest BCUT2D eigenvalue weighted by atomic mass is 35.5. The third kappa shape index (κ3) is 3.97. The van der Waals surface area contributed by atoms with E-state index in [2.05, 4.69) is 12.2 Å². The average Bonchev–Trinajstić information content (AvgIpc) is 2.38. The minimum atomic E-state index is -0.675. The van der Waals surface area contributed by atoms with Gasteiger partial charge in [0, 0.05) is 11.6 Å². The Balaban J connectivity index is 1.83. The van der Waals surface area contributed by atoms with Gasteiger partial charge in [0.05, 0.1) is 5.54 Å². The maximum atomic E-state index is 12.3. The molecule has 2 unspecified atom stereocenters. The normalized spacial score (nSPS) is 26.2. The molecule has 110 valence electrons. The van der Waals surface area contributed by atoms with Crippen LogP contribution in [0.4, 0.5) is 0 Å². The zero-order chi connectivity index (χ0) is 14.6. The number of halogens is 1. The summed E-state index contributed by atoms with van der Waals surface area (Å²) in [7, 11) is 0. The van der Waals surface area contributed by atoms with Gasteiger partial charge in [0.15, 0.2) is 0 Å². The van der Waals surface area contributed by atoms with E-state index in [-0.39, 0.29) is 5.91 Å². The van der Waals surface area contributed by atoms with Crippen molar-refractivity contribution in [2.45, 2.75) is 44.6 Å². The van der Waals surface area contributed by atoms with Crippen molar-refractivity contribution in [1.82, 2.24) is 5.32 Å². The molecule has 1 aromatic rings. The van der Waals surface area contributed by atoms with Crippen LogP contribution >= 0.6 is 11.6 Å². The number of nitrogens with two attached hydrogens (primary N) is 1. The van der Waals surface area contributed by atoms with Gasteiger partial charge in [-0.25, -0.2) is 0 Å². The second kappa shape index (κ2) is 6.59. The highest BCUT2D eigenvalue weighted by molar-refractivity contribution is 6.30. The third-order valence-electron chi connectivity index (χ3n) is 4.07. The topological polar surface area (TPSA) is 55.1 Å². The van der Waals surface area contributed by atoms with E-state index in [1.807, 2.05) is 24.3 Å². The van der Waals surface area contributed by atoms with Crippen LogP contribution in [0.2, 0.25) is 5.02 Å². The number of hydrogen-bond donors (Lipinski definition) is 2.